The van der Waals surface area contributed by atoms with Gasteiger partial charge in [0.2, 0.25) is 5.91 Å². The molecule has 29 heavy (non-hydrogen) atoms. The molecular weight excluding hydrogens is 366 g/mol. The third-order valence-electron chi connectivity index (χ3n) is 5.51. The predicted octanol–water partition coefficient (Wildman–Crippen LogP) is 4.80. The summed E-state index contributed by atoms with van der Waals surface area (Å²) in [5.74, 6) is -0.165. The van der Waals surface area contributed by atoms with Gasteiger partial charge in [-0.1, -0.05) is 26.0 Å². The van der Waals surface area contributed by atoms with E-state index in [-0.39, 0.29) is 11.3 Å². The van der Waals surface area contributed by atoms with Crippen molar-refractivity contribution < 1.29 is 19.4 Å². The largest absolute Gasteiger partial charge is 0.496 e. The van der Waals surface area contributed by atoms with E-state index in [1.807, 2.05) is 30.0 Å². The number of ether oxygens (including phenoxy) is 1. The minimum Gasteiger partial charge on any atom is -0.496 e. The maximum absolute atomic E-state index is 12.7. The van der Waals surface area contributed by atoms with E-state index in [9.17, 15) is 9.59 Å². The molecule has 3 rings (SSSR count). The van der Waals surface area contributed by atoms with Crippen LogP contribution >= 0.6 is 0 Å². The van der Waals surface area contributed by atoms with Crippen molar-refractivity contribution in [3.63, 3.8) is 0 Å². The molecule has 152 valence electrons. The van der Waals surface area contributed by atoms with Crippen molar-refractivity contribution in [1.29, 1.82) is 0 Å². The number of aliphatic carboxylic acids is 1. The monoisotopic (exact) mass is 393 g/mol. The van der Waals surface area contributed by atoms with E-state index in [4.69, 9.17) is 9.84 Å². The highest BCUT2D eigenvalue weighted by Gasteiger charge is 2.36. The number of carboxylic acids is 1. The van der Waals surface area contributed by atoms with E-state index in [2.05, 4.69) is 32.9 Å². The molecule has 1 amide bonds. The Hall–Kier alpha value is -3.08. The third kappa shape index (κ3) is 3.90. The molecule has 1 aliphatic heterocycles. The SMILES string of the molecule is CCN1C(=O)CC(C)(C)c2cc(C)c(-c3cc(/C=C/C(=O)O)ccc3OC)cc21. The maximum Gasteiger partial charge on any atom is 0.328 e. The van der Waals surface area contributed by atoms with Crippen LogP contribution in [0.25, 0.3) is 17.2 Å². The van der Waals surface area contributed by atoms with Crippen molar-refractivity contribution in [2.75, 3.05) is 18.6 Å². The topological polar surface area (TPSA) is 66.8 Å². The van der Waals surface area contributed by atoms with Gasteiger partial charge in [0.25, 0.3) is 0 Å². The summed E-state index contributed by atoms with van der Waals surface area (Å²) < 4.78 is 5.57. The lowest BCUT2D eigenvalue weighted by molar-refractivity contribution is -0.131. The minimum atomic E-state index is -0.994. The van der Waals surface area contributed by atoms with E-state index in [0.29, 0.717) is 18.7 Å². The summed E-state index contributed by atoms with van der Waals surface area (Å²) in [4.78, 5) is 25.4. The zero-order chi connectivity index (χ0) is 21.3. The maximum atomic E-state index is 12.7. The Bertz CT molecular complexity index is 1000. The predicted molar refractivity (Wildman–Crippen MR) is 116 cm³/mol. The van der Waals surface area contributed by atoms with Crippen LogP contribution in [0.5, 0.6) is 5.75 Å². The molecule has 0 radical (unpaired) electrons. The number of carboxylic acid groups (broad SMARTS) is 1. The van der Waals surface area contributed by atoms with Gasteiger partial charge < -0.3 is 14.7 Å². The van der Waals surface area contributed by atoms with Gasteiger partial charge in [-0.05, 0) is 60.4 Å². The summed E-state index contributed by atoms with van der Waals surface area (Å²) in [6.45, 7) is 8.86. The van der Waals surface area contributed by atoms with Crippen LogP contribution in [0.2, 0.25) is 0 Å². The van der Waals surface area contributed by atoms with Crippen molar-refractivity contribution >= 4 is 23.6 Å². The second kappa shape index (κ2) is 7.74. The van der Waals surface area contributed by atoms with E-state index < -0.39 is 5.97 Å². The second-order valence-corrected chi connectivity index (χ2v) is 8.01. The quantitative estimate of drug-likeness (QED) is 0.741. The van der Waals surface area contributed by atoms with Crippen molar-refractivity contribution in [2.24, 2.45) is 0 Å². The summed E-state index contributed by atoms with van der Waals surface area (Å²) in [5, 5.41) is 8.92. The minimum absolute atomic E-state index is 0.130. The molecule has 5 heteroatoms. The van der Waals surface area contributed by atoms with Crippen LogP contribution in [0.15, 0.2) is 36.4 Å². The van der Waals surface area contributed by atoms with Gasteiger partial charge in [-0.2, -0.15) is 0 Å². The van der Waals surface area contributed by atoms with Crippen molar-refractivity contribution in [1.82, 2.24) is 0 Å². The number of anilines is 1. The van der Waals surface area contributed by atoms with E-state index in [1.165, 1.54) is 5.56 Å². The molecule has 0 aliphatic carbocycles. The first-order valence-corrected chi connectivity index (χ1v) is 9.73. The van der Waals surface area contributed by atoms with Gasteiger partial charge in [0.15, 0.2) is 0 Å². The molecule has 0 bridgehead atoms. The summed E-state index contributed by atoms with van der Waals surface area (Å²) in [5.41, 5.74) is 5.56. The van der Waals surface area contributed by atoms with Crippen molar-refractivity contribution in [3.05, 3.63) is 53.1 Å². The number of methoxy groups -OCH3 is 1. The molecule has 0 saturated carbocycles. The summed E-state index contributed by atoms with van der Waals surface area (Å²) in [6, 6.07) is 9.80. The Labute approximate surface area is 171 Å². The van der Waals surface area contributed by atoms with Gasteiger partial charge in [-0.3, -0.25) is 4.79 Å². The molecule has 2 aromatic rings. The Morgan fingerprint density at radius 2 is 1.97 bits per heavy atom. The normalized spacial score (nSPS) is 15.5. The van der Waals surface area contributed by atoms with Gasteiger partial charge in [0, 0.05) is 35.7 Å². The zero-order valence-electron chi connectivity index (χ0n) is 17.6. The molecule has 0 saturated heterocycles. The molecule has 0 atom stereocenters. The van der Waals surface area contributed by atoms with E-state index in [0.717, 1.165) is 34.0 Å². The van der Waals surface area contributed by atoms with Crippen molar-refractivity contribution in [2.45, 2.75) is 39.5 Å². The number of carbonyl (C=O) groups excluding carboxylic acids is 1. The molecule has 0 fully saturated rings. The molecule has 1 N–H and O–H groups in total. The molecule has 0 spiro atoms. The van der Waals surface area contributed by atoms with Crippen LogP contribution in [-0.4, -0.2) is 30.6 Å². The highest BCUT2D eigenvalue weighted by atomic mass is 16.5. The fourth-order valence-corrected chi connectivity index (χ4v) is 4.01. The third-order valence-corrected chi connectivity index (χ3v) is 5.51. The number of hydrogen-bond acceptors (Lipinski definition) is 3. The number of rotatable bonds is 5. The first-order chi connectivity index (χ1) is 13.7. The van der Waals surface area contributed by atoms with Crippen LogP contribution < -0.4 is 9.64 Å². The van der Waals surface area contributed by atoms with Crippen LogP contribution in [-0.2, 0) is 15.0 Å². The van der Waals surface area contributed by atoms with Gasteiger partial charge in [0.1, 0.15) is 5.75 Å². The Kier molecular flexibility index (Phi) is 5.51. The summed E-state index contributed by atoms with van der Waals surface area (Å²) in [6.07, 6.45) is 3.17. The molecule has 5 nitrogen and oxygen atoms in total. The number of nitrogens with zero attached hydrogens (tertiary/aromatic N) is 1. The molecule has 1 aliphatic rings. The fourth-order valence-electron chi connectivity index (χ4n) is 4.01. The molecule has 0 unspecified atom stereocenters. The lowest BCUT2D eigenvalue weighted by Crippen LogP contribution is -2.41. The fraction of sp³-hybridized carbons (Fsp3) is 0.333. The zero-order valence-corrected chi connectivity index (χ0v) is 17.6. The van der Waals surface area contributed by atoms with Crippen molar-refractivity contribution in [3.8, 4) is 16.9 Å². The lowest BCUT2D eigenvalue weighted by atomic mass is 9.75. The second-order valence-electron chi connectivity index (χ2n) is 8.01. The average molecular weight is 393 g/mol. The molecular formula is C24H27NO4. The smallest absolute Gasteiger partial charge is 0.328 e. The van der Waals surface area contributed by atoms with Gasteiger partial charge in [0.05, 0.1) is 7.11 Å². The van der Waals surface area contributed by atoms with Gasteiger partial charge in [-0.15, -0.1) is 0 Å². The highest BCUT2D eigenvalue weighted by molar-refractivity contribution is 5.99. The van der Waals surface area contributed by atoms with Gasteiger partial charge >= 0.3 is 5.97 Å². The standard InChI is InChI=1S/C24H27NO4/c1-6-25-20-13-17(15(2)11-19(20)24(3,4)14-22(25)26)18-12-16(8-10-23(27)28)7-9-21(18)29-5/h7-13H,6,14H2,1-5H3,(H,27,28)/b10-8+. The number of amides is 1. The van der Waals surface area contributed by atoms with E-state index >= 15 is 0 Å². The van der Waals surface area contributed by atoms with Crippen LogP contribution in [0, 0.1) is 6.92 Å². The molecule has 0 aromatic heterocycles. The highest BCUT2D eigenvalue weighted by Crippen LogP contribution is 2.44. The van der Waals surface area contributed by atoms with Crippen LogP contribution in [0.3, 0.4) is 0 Å². The Morgan fingerprint density at radius 3 is 2.59 bits per heavy atom. The number of benzene rings is 2. The summed E-state index contributed by atoms with van der Waals surface area (Å²) >= 11 is 0. The van der Waals surface area contributed by atoms with E-state index in [1.54, 1.807) is 13.2 Å². The first kappa shape index (κ1) is 20.6. The first-order valence-electron chi connectivity index (χ1n) is 9.73. The average Bonchev–Trinajstić information content (AvgIpc) is 2.66. The number of aryl methyl sites for hydroxylation is 1. The summed E-state index contributed by atoms with van der Waals surface area (Å²) in [7, 11) is 1.62. The number of fused-ring (bicyclic) bond motifs is 1. The number of hydrogen-bond donors (Lipinski definition) is 1. The molecule has 1 heterocycles. The van der Waals surface area contributed by atoms with Gasteiger partial charge in [-0.25, -0.2) is 4.79 Å². The van der Waals surface area contributed by atoms with Crippen LogP contribution in [0.4, 0.5) is 5.69 Å². The Balaban J connectivity index is 2.22. The molecule has 2 aromatic carbocycles. The number of carbonyl (C=O) groups is 2. The lowest BCUT2D eigenvalue weighted by Gasteiger charge is -2.39. The Morgan fingerprint density at radius 1 is 1.24 bits per heavy atom. The van der Waals surface area contributed by atoms with Crippen LogP contribution in [0.1, 0.15) is 43.9 Å².